The van der Waals surface area contributed by atoms with Crippen molar-refractivity contribution in [2.45, 2.75) is 4.75 Å². The molecule has 0 fully saturated rings. The molecule has 0 aliphatic carbocycles. The highest BCUT2D eigenvalue weighted by Gasteiger charge is 2.51. The van der Waals surface area contributed by atoms with E-state index in [0.717, 1.165) is 6.07 Å². The van der Waals surface area contributed by atoms with E-state index in [2.05, 4.69) is 0 Å². The molecule has 0 bridgehead atoms. The van der Waals surface area contributed by atoms with Gasteiger partial charge in [-0.3, -0.25) is 4.55 Å². The summed E-state index contributed by atoms with van der Waals surface area (Å²) in [6.07, 6.45) is 0. The molecular weight excluding hydrogens is 482 g/mol. The van der Waals surface area contributed by atoms with Crippen LogP contribution in [-0.2, 0) is 14.9 Å². The highest BCUT2D eigenvalue weighted by molar-refractivity contribution is 7.87. The summed E-state index contributed by atoms with van der Waals surface area (Å²) in [5.41, 5.74) is -0.551. The first-order valence-corrected chi connectivity index (χ1v) is 10.8. The van der Waals surface area contributed by atoms with Crippen LogP contribution in [0.3, 0.4) is 0 Å². The fourth-order valence-corrected chi connectivity index (χ4v) is 5.57. The highest BCUT2D eigenvalue weighted by atomic mass is 35.5. The van der Waals surface area contributed by atoms with Crippen LogP contribution in [0.15, 0.2) is 54.6 Å². The molecule has 0 aliphatic heterocycles. The Hall–Kier alpha value is -1.67. The molecule has 0 amide bonds. The number of phenols is 2. The van der Waals surface area contributed by atoms with Crippen molar-refractivity contribution in [3.63, 3.8) is 0 Å². The van der Waals surface area contributed by atoms with Gasteiger partial charge in [0.1, 0.15) is 0 Å². The van der Waals surface area contributed by atoms with Gasteiger partial charge in [-0.2, -0.15) is 8.42 Å². The quantitative estimate of drug-likeness (QED) is 0.239. The van der Waals surface area contributed by atoms with Crippen LogP contribution in [0, 0.1) is 0 Å². The van der Waals surface area contributed by atoms with Crippen LogP contribution >= 0.6 is 46.4 Å². The highest BCUT2D eigenvalue weighted by Crippen LogP contribution is 2.50. The van der Waals surface area contributed by atoms with Gasteiger partial charge in [0, 0.05) is 25.7 Å². The zero-order valence-corrected chi connectivity index (χ0v) is 18.1. The van der Waals surface area contributed by atoms with E-state index in [1.165, 1.54) is 48.5 Å². The zero-order chi connectivity index (χ0) is 21.6. The second-order valence-electron chi connectivity index (χ2n) is 6.15. The molecule has 10 heteroatoms. The number of rotatable bonds is 4. The van der Waals surface area contributed by atoms with Crippen LogP contribution in [-0.4, -0.2) is 23.2 Å². The fraction of sp³-hybridized carbons (Fsp3) is 0.0526. The number of hydrogen-bond donors (Lipinski definition) is 3. The molecule has 3 N–H and O–H groups in total. The number of para-hydroxylation sites is 1. The van der Waals surface area contributed by atoms with Crippen molar-refractivity contribution >= 4 is 56.5 Å². The van der Waals surface area contributed by atoms with Crippen LogP contribution < -0.4 is 0 Å². The molecule has 0 spiro atoms. The Morgan fingerprint density at radius 2 is 1.14 bits per heavy atom. The Kier molecular flexibility index (Phi) is 5.98. The summed E-state index contributed by atoms with van der Waals surface area (Å²) in [5.74, 6) is -1.37. The lowest BCUT2D eigenvalue weighted by Crippen LogP contribution is -2.38. The van der Waals surface area contributed by atoms with Crippen LogP contribution in [0.4, 0.5) is 0 Å². The van der Waals surface area contributed by atoms with Crippen molar-refractivity contribution in [2.75, 3.05) is 0 Å². The topological polar surface area (TPSA) is 94.8 Å². The Morgan fingerprint density at radius 1 is 0.724 bits per heavy atom. The Balaban J connectivity index is 2.62. The van der Waals surface area contributed by atoms with Crippen molar-refractivity contribution in [3.8, 4) is 11.5 Å². The van der Waals surface area contributed by atoms with E-state index in [9.17, 15) is 23.2 Å². The van der Waals surface area contributed by atoms with E-state index in [-0.39, 0.29) is 36.8 Å². The minimum atomic E-state index is -5.10. The number of hydrogen-bond acceptors (Lipinski definition) is 4. The van der Waals surface area contributed by atoms with Gasteiger partial charge in [0.15, 0.2) is 16.2 Å². The number of phenolic OH excluding ortho intramolecular Hbond substituents is 2. The monoisotopic (exact) mass is 492 g/mol. The second kappa shape index (κ2) is 7.87. The smallest absolute Gasteiger partial charge is 0.283 e. The third-order valence-electron chi connectivity index (χ3n) is 4.32. The van der Waals surface area contributed by atoms with Crippen LogP contribution in [0.1, 0.15) is 16.7 Å². The van der Waals surface area contributed by atoms with Crippen molar-refractivity contribution < 1.29 is 23.2 Å². The molecule has 3 aromatic rings. The van der Waals surface area contributed by atoms with E-state index >= 15 is 0 Å². The van der Waals surface area contributed by atoms with E-state index in [4.69, 9.17) is 46.4 Å². The SMILES string of the molecule is O=S(=O)(O)C(c1cc(Cl)cc(Cl)c1)(c1cc(Cl)cc(Cl)c1)c1cccc(O)c1O. The molecule has 3 aromatic carbocycles. The Bertz CT molecular complexity index is 1120. The lowest BCUT2D eigenvalue weighted by molar-refractivity contribution is 0.393. The average molecular weight is 494 g/mol. The first-order chi connectivity index (χ1) is 13.5. The van der Waals surface area contributed by atoms with Crippen molar-refractivity contribution in [3.05, 3.63) is 91.4 Å². The van der Waals surface area contributed by atoms with Gasteiger partial charge in [0.2, 0.25) is 0 Å². The molecule has 0 saturated heterocycles. The predicted molar refractivity (Wildman–Crippen MR) is 114 cm³/mol. The summed E-state index contributed by atoms with van der Waals surface area (Å²) >= 11 is 24.4. The Labute approximate surface area is 186 Å². The number of aromatic hydroxyl groups is 2. The molecule has 0 unspecified atom stereocenters. The van der Waals surface area contributed by atoms with Gasteiger partial charge in [0.25, 0.3) is 10.1 Å². The zero-order valence-electron chi connectivity index (χ0n) is 14.3. The first kappa shape index (κ1) is 22.0. The first-order valence-electron chi connectivity index (χ1n) is 7.88. The van der Waals surface area contributed by atoms with Gasteiger partial charge in [0.05, 0.1) is 0 Å². The number of benzene rings is 3. The van der Waals surface area contributed by atoms with E-state index in [1.54, 1.807) is 0 Å². The van der Waals surface area contributed by atoms with Gasteiger partial charge in [-0.1, -0.05) is 58.5 Å². The molecule has 0 saturated carbocycles. The maximum Gasteiger partial charge on any atom is 0.283 e. The standard InChI is InChI=1S/C19H12Cl4O5S/c20-12-4-10(5-13(21)8-12)19(29(26,27)28,11-6-14(22)9-15(23)7-11)16-2-1-3-17(24)18(16)25/h1-9,24-25H,(H,26,27,28). The lowest BCUT2D eigenvalue weighted by atomic mass is 9.83. The van der Waals surface area contributed by atoms with Gasteiger partial charge >= 0.3 is 0 Å². The minimum absolute atomic E-state index is 0.0771. The molecule has 0 aromatic heterocycles. The summed E-state index contributed by atoms with van der Waals surface area (Å²) in [6.45, 7) is 0. The van der Waals surface area contributed by atoms with Gasteiger partial charge in [-0.15, -0.1) is 0 Å². The maximum atomic E-state index is 13.0. The molecule has 0 atom stereocenters. The third kappa shape index (κ3) is 3.89. The Morgan fingerprint density at radius 3 is 1.52 bits per heavy atom. The summed E-state index contributed by atoms with van der Waals surface area (Å²) in [5, 5.41) is 20.9. The van der Waals surface area contributed by atoms with Crippen LogP contribution in [0.25, 0.3) is 0 Å². The van der Waals surface area contributed by atoms with Gasteiger partial charge in [-0.05, 0) is 53.6 Å². The van der Waals surface area contributed by atoms with E-state index < -0.39 is 26.4 Å². The molecule has 0 heterocycles. The lowest BCUT2D eigenvalue weighted by Gasteiger charge is -2.33. The molecular formula is C19H12Cl4O5S. The molecule has 0 aliphatic rings. The summed E-state index contributed by atoms with van der Waals surface area (Å²) < 4.78 is 33.9. The second-order valence-corrected chi connectivity index (χ2v) is 9.45. The summed E-state index contributed by atoms with van der Waals surface area (Å²) in [4.78, 5) is 0. The largest absolute Gasteiger partial charge is 0.504 e. The van der Waals surface area contributed by atoms with Crippen LogP contribution in [0.5, 0.6) is 11.5 Å². The average Bonchev–Trinajstić information content (AvgIpc) is 2.56. The van der Waals surface area contributed by atoms with E-state index in [0.29, 0.717) is 0 Å². The molecule has 0 radical (unpaired) electrons. The summed E-state index contributed by atoms with van der Waals surface area (Å²) in [7, 11) is -5.10. The molecule has 5 nitrogen and oxygen atoms in total. The minimum Gasteiger partial charge on any atom is -0.504 e. The van der Waals surface area contributed by atoms with Gasteiger partial charge in [-0.25, -0.2) is 0 Å². The number of halogens is 4. The van der Waals surface area contributed by atoms with Crippen molar-refractivity contribution in [2.24, 2.45) is 0 Å². The van der Waals surface area contributed by atoms with Crippen molar-refractivity contribution in [1.29, 1.82) is 0 Å². The predicted octanol–water partition coefficient (Wildman–Crippen LogP) is 5.89. The molecule has 3 rings (SSSR count). The van der Waals surface area contributed by atoms with E-state index in [1.807, 2.05) is 0 Å². The van der Waals surface area contributed by atoms with Gasteiger partial charge < -0.3 is 10.2 Å². The summed E-state index contributed by atoms with van der Waals surface area (Å²) in [6, 6.07) is 11.5. The molecule has 152 valence electrons. The van der Waals surface area contributed by atoms with Crippen LogP contribution in [0.2, 0.25) is 20.1 Å². The maximum absolute atomic E-state index is 13.0. The normalized spacial score (nSPS) is 12.2. The fourth-order valence-electron chi connectivity index (χ4n) is 3.24. The molecule has 29 heavy (non-hydrogen) atoms. The third-order valence-corrected chi connectivity index (χ3v) is 6.66. The van der Waals surface area contributed by atoms with Crippen molar-refractivity contribution in [1.82, 2.24) is 0 Å².